The van der Waals surface area contributed by atoms with Crippen LogP contribution in [0.25, 0.3) is 0 Å². The summed E-state index contributed by atoms with van der Waals surface area (Å²) in [5.41, 5.74) is 0.484. The molecule has 1 saturated carbocycles. The Bertz CT molecular complexity index is 288. The summed E-state index contributed by atoms with van der Waals surface area (Å²) in [5, 5.41) is 3.74. The van der Waals surface area contributed by atoms with Gasteiger partial charge in [0.05, 0.1) is 12.2 Å². The van der Waals surface area contributed by atoms with Crippen LogP contribution >= 0.6 is 0 Å². The maximum atomic E-state index is 5.90. The van der Waals surface area contributed by atoms with Crippen molar-refractivity contribution in [2.45, 2.75) is 84.5 Å². The van der Waals surface area contributed by atoms with E-state index < -0.39 is 0 Å². The van der Waals surface area contributed by atoms with Crippen molar-refractivity contribution in [1.82, 2.24) is 10.2 Å². The second-order valence-corrected chi connectivity index (χ2v) is 7.90. The van der Waals surface area contributed by atoms with E-state index in [1.165, 1.54) is 51.6 Å². The quantitative estimate of drug-likeness (QED) is 0.787. The van der Waals surface area contributed by atoms with E-state index in [-0.39, 0.29) is 0 Å². The van der Waals surface area contributed by atoms with Crippen LogP contribution in [0.2, 0.25) is 0 Å². The first-order chi connectivity index (χ1) is 9.99. The molecule has 21 heavy (non-hydrogen) atoms. The molecule has 0 aromatic heterocycles. The third kappa shape index (κ3) is 5.54. The van der Waals surface area contributed by atoms with E-state index in [2.05, 4.69) is 37.9 Å². The Labute approximate surface area is 131 Å². The van der Waals surface area contributed by atoms with Gasteiger partial charge in [-0.15, -0.1) is 0 Å². The van der Waals surface area contributed by atoms with Crippen molar-refractivity contribution in [3.63, 3.8) is 0 Å². The number of hydrogen-bond donors (Lipinski definition) is 1. The predicted octanol–water partition coefficient (Wildman–Crippen LogP) is 3.43. The molecule has 1 aliphatic heterocycles. The number of nitrogens with zero attached hydrogens (tertiary/aromatic N) is 1. The maximum absolute atomic E-state index is 5.90. The molecule has 2 rings (SSSR count). The highest BCUT2D eigenvalue weighted by Gasteiger charge is 2.35. The van der Waals surface area contributed by atoms with Crippen molar-refractivity contribution in [3.8, 4) is 0 Å². The normalized spacial score (nSPS) is 31.3. The average Bonchev–Trinajstić information content (AvgIpc) is 2.61. The second kappa shape index (κ2) is 7.94. The summed E-state index contributed by atoms with van der Waals surface area (Å²) in [6, 6.07) is 0.590. The minimum Gasteiger partial charge on any atom is -0.373 e. The molecule has 124 valence electrons. The highest BCUT2D eigenvalue weighted by atomic mass is 16.5. The zero-order valence-electron chi connectivity index (χ0n) is 14.7. The third-order valence-corrected chi connectivity index (χ3v) is 5.10. The van der Waals surface area contributed by atoms with Crippen molar-refractivity contribution in [2.24, 2.45) is 5.41 Å². The molecule has 1 N–H and O–H groups in total. The van der Waals surface area contributed by atoms with Crippen molar-refractivity contribution < 1.29 is 4.74 Å². The van der Waals surface area contributed by atoms with Gasteiger partial charge in [-0.2, -0.15) is 0 Å². The van der Waals surface area contributed by atoms with E-state index in [4.69, 9.17) is 4.74 Å². The van der Waals surface area contributed by atoms with Crippen molar-refractivity contribution in [1.29, 1.82) is 0 Å². The van der Waals surface area contributed by atoms with Gasteiger partial charge in [0.1, 0.15) is 0 Å². The van der Waals surface area contributed by atoms with Gasteiger partial charge >= 0.3 is 0 Å². The van der Waals surface area contributed by atoms with E-state index >= 15 is 0 Å². The monoisotopic (exact) mass is 296 g/mol. The molecule has 2 aliphatic rings. The first kappa shape index (κ1) is 17.2. The van der Waals surface area contributed by atoms with Crippen LogP contribution in [0, 0.1) is 5.41 Å². The van der Waals surface area contributed by atoms with Gasteiger partial charge in [0, 0.05) is 32.2 Å². The fraction of sp³-hybridized carbons (Fsp3) is 1.00. The standard InChI is InChI=1S/C18H36N2O/c1-15(2)19-13-18(9-7-5-6-8-10-18)14-20-11-16(3)21-17(4)12-20/h15-17,19H,5-14H2,1-4H3/t16-,17+. The first-order valence-electron chi connectivity index (χ1n) is 9.10. The molecule has 0 bridgehead atoms. The molecule has 0 spiro atoms. The molecule has 0 aromatic rings. The molecule has 2 atom stereocenters. The Balaban J connectivity index is 2.00. The Morgan fingerprint density at radius 1 is 1.05 bits per heavy atom. The van der Waals surface area contributed by atoms with Crippen LogP contribution in [0.1, 0.15) is 66.2 Å². The summed E-state index contributed by atoms with van der Waals surface area (Å²) in [6.07, 6.45) is 9.24. The van der Waals surface area contributed by atoms with Gasteiger partial charge in [0.15, 0.2) is 0 Å². The topological polar surface area (TPSA) is 24.5 Å². The fourth-order valence-corrected chi connectivity index (χ4v) is 4.18. The molecule has 0 aromatic carbocycles. The highest BCUT2D eigenvalue weighted by Crippen LogP contribution is 2.36. The number of rotatable bonds is 5. The van der Waals surface area contributed by atoms with E-state index in [1.807, 2.05) is 0 Å². The van der Waals surface area contributed by atoms with Gasteiger partial charge in [-0.1, -0.05) is 39.5 Å². The third-order valence-electron chi connectivity index (χ3n) is 5.10. The number of hydrogen-bond acceptors (Lipinski definition) is 3. The van der Waals surface area contributed by atoms with Gasteiger partial charge < -0.3 is 10.1 Å². The lowest BCUT2D eigenvalue weighted by Gasteiger charge is -2.43. The Morgan fingerprint density at radius 3 is 2.14 bits per heavy atom. The fourth-order valence-electron chi connectivity index (χ4n) is 4.18. The Hall–Kier alpha value is -0.120. The predicted molar refractivity (Wildman–Crippen MR) is 89.7 cm³/mol. The van der Waals surface area contributed by atoms with E-state index in [1.54, 1.807) is 0 Å². The molecule has 2 fully saturated rings. The molecule has 0 amide bonds. The van der Waals surface area contributed by atoms with E-state index in [9.17, 15) is 0 Å². The van der Waals surface area contributed by atoms with Crippen LogP contribution in [0.3, 0.4) is 0 Å². The molecule has 1 heterocycles. The lowest BCUT2D eigenvalue weighted by atomic mass is 9.79. The van der Waals surface area contributed by atoms with E-state index in [0.29, 0.717) is 23.7 Å². The number of nitrogens with one attached hydrogen (secondary N) is 1. The van der Waals surface area contributed by atoms with Crippen LogP contribution in [0.4, 0.5) is 0 Å². The van der Waals surface area contributed by atoms with Gasteiger partial charge in [-0.3, -0.25) is 4.90 Å². The summed E-state index contributed by atoms with van der Waals surface area (Å²) in [5.74, 6) is 0. The van der Waals surface area contributed by atoms with Gasteiger partial charge in [0.2, 0.25) is 0 Å². The molecular formula is C18H36N2O. The number of ether oxygens (including phenoxy) is 1. The van der Waals surface area contributed by atoms with Crippen LogP contribution < -0.4 is 5.32 Å². The van der Waals surface area contributed by atoms with Gasteiger partial charge in [-0.25, -0.2) is 0 Å². The maximum Gasteiger partial charge on any atom is 0.0678 e. The van der Waals surface area contributed by atoms with Crippen molar-refractivity contribution >= 4 is 0 Å². The zero-order valence-corrected chi connectivity index (χ0v) is 14.7. The number of morpholine rings is 1. The summed E-state index contributed by atoms with van der Waals surface area (Å²) >= 11 is 0. The Morgan fingerprint density at radius 2 is 1.62 bits per heavy atom. The molecule has 1 aliphatic carbocycles. The van der Waals surface area contributed by atoms with Crippen LogP contribution in [-0.4, -0.2) is 49.3 Å². The van der Waals surface area contributed by atoms with Crippen LogP contribution in [-0.2, 0) is 4.74 Å². The minimum absolute atomic E-state index is 0.384. The molecule has 3 nitrogen and oxygen atoms in total. The largest absolute Gasteiger partial charge is 0.373 e. The second-order valence-electron chi connectivity index (χ2n) is 7.90. The van der Waals surface area contributed by atoms with Gasteiger partial charge in [-0.05, 0) is 32.1 Å². The summed E-state index contributed by atoms with van der Waals surface area (Å²) in [6.45, 7) is 13.6. The molecule has 3 heteroatoms. The average molecular weight is 296 g/mol. The molecular weight excluding hydrogens is 260 g/mol. The zero-order chi connectivity index (χ0) is 15.3. The van der Waals surface area contributed by atoms with E-state index in [0.717, 1.165) is 13.1 Å². The molecule has 0 unspecified atom stereocenters. The lowest BCUT2D eigenvalue weighted by Crippen LogP contribution is -2.52. The highest BCUT2D eigenvalue weighted by molar-refractivity contribution is 4.89. The first-order valence-corrected chi connectivity index (χ1v) is 9.10. The van der Waals surface area contributed by atoms with Crippen LogP contribution in [0.15, 0.2) is 0 Å². The summed E-state index contributed by atoms with van der Waals surface area (Å²) in [4.78, 5) is 2.67. The Kier molecular flexibility index (Phi) is 6.51. The summed E-state index contributed by atoms with van der Waals surface area (Å²) in [7, 11) is 0. The lowest BCUT2D eigenvalue weighted by molar-refractivity contribution is -0.0789. The molecule has 1 saturated heterocycles. The smallest absolute Gasteiger partial charge is 0.0678 e. The van der Waals surface area contributed by atoms with Crippen LogP contribution in [0.5, 0.6) is 0 Å². The van der Waals surface area contributed by atoms with Crippen molar-refractivity contribution in [2.75, 3.05) is 26.2 Å². The SMILES string of the molecule is CC(C)NCC1(CN2C[C@@H](C)O[C@@H](C)C2)CCCCCC1. The minimum atomic E-state index is 0.384. The molecule has 0 radical (unpaired) electrons. The summed E-state index contributed by atoms with van der Waals surface area (Å²) < 4.78 is 5.90. The van der Waals surface area contributed by atoms with Crippen molar-refractivity contribution in [3.05, 3.63) is 0 Å². The van der Waals surface area contributed by atoms with Gasteiger partial charge in [0.25, 0.3) is 0 Å².